The third kappa shape index (κ3) is 3.71. The largest absolute Gasteiger partial charge is 0.484 e. The third-order valence-electron chi connectivity index (χ3n) is 2.32. The topological polar surface area (TPSA) is 55.6 Å². The average molecular weight is 240 g/mol. The maximum Gasteiger partial charge on any atom is 0.259 e. The van der Waals surface area contributed by atoms with Gasteiger partial charge in [0.1, 0.15) is 11.6 Å². The summed E-state index contributed by atoms with van der Waals surface area (Å²) in [7, 11) is 3.26. The predicted octanol–water partition coefficient (Wildman–Crippen LogP) is 1.31. The molecule has 94 valence electrons. The van der Waals surface area contributed by atoms with Crippen LogP contribution in [0.3, 0.4) is 0 Å². The summed E-state index contributed by atoms with van der Waals surface area (Å²) in [4.78, 5) is 12.7. The number of nitrogens with two attached hydrogens (primary N) is 1. The van der Waals surface area contributed by atoms with Gasteiger partial charge in [0.2, 0.25) is 0 Å². The lowest BCUT2D eigenvalue weighted by molar-refractivity contribution is -0.130. The average Bonchev–Trinajstić information content (AvgIpc) is 2.25. The summed E-state index contributed by atoms with van der Waals surface area (Å²) in [5.74, 6) is -0.279. The Morgan fingerprint density at radius 1 is 1.53 bits per heavy atom. The van der Waals surface area contributed by atoms with Crippen LogP contribution in [0.25, 0.3) is 0 Å². The van der Waals surface area contributed by atoms with Crippen molar-refractivity contribution >= 4 is 5.91 Å². The Morgan fingerprint density at radius 3 is 2.65 bits per heavy atom. The summed E-state index contributed by atoms with van der Waals surface area (Å²) in [6, 6.07) is 4.04. The van der Waals surface area contributed by atoms with Gasteiger partial charge in [0.25, 0.3) is 5.91 Å². The quantitative estimate of drug-likeness (QED) is 0.863. The van der Waals surface area contributed by atoms with Crippen molar-refractivity contribution in [3.63, 3.8) is 0 Å². The lowest BCUT2D eigenvalue weighted by Gasteiger charge is -2.12. The maximum absolute atomic E-state index is 13.5. The number of nitrogens with zero attached hydrogens (tertiary/aromatic N) is 1. The van der Waals surface area contributed by atoms with Crippen LogP contribution in [-0.2, 0) is 4.79 Å². The number of carbonyl (C=O) groups excluding carboxylic acids is 1. The van der Waals surface area contributed by atoms with Crippen molar-refractivity contribution in [2.24, 2.45) is 5.73 Å². The van der Waals surface area contributed by atoms with E-state index in [-0.39, 0.29) is 18.6 Å². The summed E-state index contributed by atoms with van der Waals surface area (Å²) in [6.07, 6.45) is 0. The molecule has 1 atom stereocenters. The number of hydrogen-bond acceptors (Lipinski definition) is 3. The first-order chi connectivity index (χ1) is 7.91. The number of carbonyl (C=O) groups is 1. The van der Waals surface area contributed by atoms with Crippen molar-refractivity contribution in [1.82, 2.24) is 4.90 Å². The molecule has 1 rings (SSSR count). The van der Waals surface area contributed by atoms with Crippen LogP contribution in [-0.4, -0.2) is 31.5 Å². The van der Waals surface area contributed by atoms with Gasteiger partial charge in [-0.15, -0.1) is 0 Å². The number of hydrogen-bond donors (Lipinski definition) is 1. The van der Waals surface area contributed by atoms with E-state index in [0.29, 0.717) is 11.3 Å². The molecule has 5 heteroatoms. The van der Waals surface area contributed by atoms with E-state index >= 15 is 0 Å². The van der Waals surface area contributed by atoms with Gasteiger partial charge in [0, 0.05) is 31.8 Å². The van der Waals surface area contributed by atoms with E-state index in [1.165, 1.54) is 11.0 Å². The zero-order chi connectivity index (χ0) is 13.0. The van der Waals surface area contributed by atoms with Crippen molar-refractivity contribution in [3.8, 4) is 5.75 Å². The highest BCUT2D eigenvalue weighted by Gasteiger charge is 2.09. The molecule has 1 aromatic carbocycles. The molecule has 0 heterocycles. The fourth-order valence-electron chi connectivity index (χ4n) is 1.24. The molecule has 0 bridgehead atoms. The number of rotatable bonds is 4. The zero-order valence-electron chi connectivity index (χ0n) is 10.2. The second-order valence-electron chi connectivity index (χ2n) is 4.05. The monoisotopic (exact) mass is 240 g/mol. The molecule has 17 heavy (non-hydrogen) atoms. The van der Waals surface area contributed by atoms with Gasteiger partial charge in [-0.1, -0.05) is 6.07 Å². The van der Waals surface area contributed by atoms with Crippen molar-refractivity contribution < 1.29 is 13.9 Å². The van der Waals surface area contributed by atoms with Crippen LogP contribution < -0.4 is 10.5 Å². The minimum absolute atomic E-state index is 0.107. The van der Waals surface area contributed by atoms with Gasteiger partial charge in [-0.2, -0.15) is 0 Å². The SMILES string of the molecule is CC(N)c1ccc(OCC(=O)N(C)C)cc1F. The van der Waals surface area contributed by atoms with Crippen LogP contribution in [0.4, 0.5) is 4.39 Å². The summed E-state index contributed by atoms with van der Waals surface area (Å²) in [5.41, 5.74) is 6.01. The number of benzene rings is 1. The Kier molecular flexibility index (Phi) is 4.45. The molecule has 4 nitrogen and oxygen atoms in total. The van der Waals surface area contributed by atoms with Crippen molar-refractivity contribution in [1.29, 1.82) is 0 Å². The Morgan fingerprint density at radius 2 is 2.18 bits per heavy atom. The van der Waals surface area contributed by atoms with Gasteiger partial charge >= 0.3 is 0 Å². The normalized spacial score (nSPS) is 12.1. The lowest BCUT2D eigenvalue weighted by Crippen LogP contribution is -2.27. The van der Waals surface area contributed by atoms with E-state index in [1.54, 1.807) is 33.2 Å². The van der Waals surface area contributed by atoms with E-state index in [9.17, 15) is 9.18 Å². The standard InChI is InChI=1S/C12H17FN2O2/c1-8(14)10-5-4-9(6-11(10)13)17-7-12(16)15(2)3/h4-6,8H,7,14H2,1-3H3. The van der Waals surface area contributed by atoms with E-state index in [1.807, 2.05) is 0 Å². The smallest absolute Gasteiger partial charge is 0.259 e. The van der Waals surface area contributed by atoms with E-state index in [4.69, 9.17) is 10.5 Å². The molecule has 0 fully saturated rings. The maximum atomic E-state index is 13.5. The van der Waals surface area contributed by atoms with Gasteiger partial charge < -0.3 is 15.4 Å². The molecule has 0 aliphatic carbocycles. The fourth-order valence-corrected chi connectivity index (χ4v) is 1.24. The molecular formula is C12H17FN2O2. The van der Waals surface area contributed by atoms with Crippen LogP contribution >= 0.6 is 0 Å². The van der Waals surface area contributed by atoms with Crippen molar-refractivity contribution in [2.45, 2.75) is 13.0 Å². The van der Waals surface area contributed by atoms with E-state index < -0.39 is 5.82 Å². The molecule has 2 N–H and O–H groups in total. The summed E-state index contributed by atoms with van der Waals surface area (Å²) < 4.78 is 18.7. The molecule has 0 saturated carbocycles. The Balaban J connectivity index is 2.68. The van der Waals surface area contributed by atoms with Crippen molar-refractivity contribution in [3.05, 3.63) is 29.6 Å². The first kappa shape index (κ1) is 13.4. The minimum Gasteiger partial charge on any atom is -0.484 e. The van der Waals surface area contributed by atoms with Crippen LogP contribution in [0.15, 0.2) is 18.2 Å². The van der Waals surface area contributed by atoms with Gasteiger partial charge in [-0.25, -0.2) is 4.39 Å². The Labute approximate surface area is 100 Å². The number of likely N-dealkylation sites (N-methyl/N-ethyl adjacent to an activating group) is 1. The van der Waals surface area contributed by atoms with Gasteiger partial charge in [0.15, 0.2) is 6.61 Å². The number of halogens is 1. The minimum atomic E-state index is -0.421. The molecule has 1 amide bonds. The second-order valence-corrected chi connectivity index (χ2v) is 4.05. The lowest BCUT2D eigenvalue weighted by atomic mass is 10.1. The molecule has 1 unspecified atom stereocenters. The summed E-state index contributed by atoms with van der Waals surface area (Å²) in [5, 5.41) is 0. The Bertz CT molecular complexity index is 405. The number of ether oxygens (including phenoxy) is 1. The van der Waals surface area contributed by atoms with E-state index in [2.05, 4.69) is 0 Å². The van der Waals surface area contributed by atoms with Gasteiger partial charge in [0.05, 0.1) is 0 Å². The summed E-state index contributed by atoms with van der Waals surface area (Å²) in [6.45, 7) is 1.60. The molecule has 0 radical (unpaired) electrons. The predicted molar refractivity (Wildman–Crippen MR) is 63.2 cm³/mol. The zero-order valence-corrected chi connectivity index (χ0v) is 10.2. The first-order valence-corrected chi connectivity index (χ1v) is 5.29. The van der Waals surface area contributed by atoms with Crippen LogP contribution in [0.5, 0.6) is 5.75 Å². The van der Waals surface area contributed by atoms with Gasteiger partial charge in [-0.3, -0.25) is 4.79 Å². The fraction of sp³-hybridized carbons (Fsp3) is 0.417. The first-order valence-electron chi connectivity index (χ1n) is 5.29. The summed E-state index contributed by atoms with van der Waals surface area (Å²) >= 11 is 0. The highest BCUT2D eigenvalue weighted by molar-refractivity contribution is 5.77. The van der Waals surface area contributed by atoms with Gasteiger partial charge in [-0.05, 0) is 13.0 Å². The molecule has 0 aliphatic rings. The Hall–Kier alpha value is -1.62. The number of amides is 1. The molecule has 0 spiro atoms. The third-order valence-corrected chi connectivity index (χ3v) is 2.32. The highest BCUT2D eigenvalue weighted by Crippen LogP contribution is 2.20. The second kappa shape index (κ2) is 5.63. The molecule has 0 aromatic heterocycles. The molecule has 1 aromatic rings. The molecule has 0 aliphatic heterocycles. The molecular weight excluding hydrogens is 223 g/mol. The van der Waals surface area contributed by atoms with Crippen LogP contribution in [0.1, 0.15) is 18.5 Å². The van der Waals surface area contributed by atoms with Crippen molar-refractivity contribution in [2.75, 3.05) is 20.7 Å². The highest BCUT2D eigenvalue weighted by atomic mass is 19.1. The van der Waals surface area contributed by atoms with E-state index in [0.717, 1.165) is 0 Å². The van der Waals surface area contributed by atoms with Crippen LogP contribution in [0.2, 0.25) is 0 Å². The van der Waals surface area contributed by atoms with Crippen LogP contribution in [0, 0.1) is 5.82 Å². The molecule has 0 saturated heterocycles.